The second-order valence-corrected chi connectivity index (χ2v) is 8.85. The number of fused-ring (bicyclic) bond motifs is 1. The second kappa shape index (κ2) is 10.5. The fraction of sp³-hybridized carbons (Fsp3) is 0.0741. The molecule has 178 valence electrons. The molecule has 5 rings (SSSR count). The molecule has 0 spiro atoms. The number of benzene rings is 3. The molecule has 0 amide bonds. The first-order chi connectivity index (χ1) is 17.6. The second-order valence-electron chi connectivity index (χ2n) is 7.93. The number of rotatable bonds is 7. The number of aromatic nitrogens is 4. The van der Waals surface area contributed by atoms with E-state index in [-0.39, 0.29) is 12.2 Å². The Bertz CT molecular complexity index is 1620. The molecule has 2 heterocycles. The molecule has 0 unspecified atom stereocenters. The van der Waals surface area contributed by atoms with Crippen molar-refractivity contribution in [1.82, 2.24) is 19.9 Å². The van der Waals surface area contributed by atoms with Gasteiger partial charge >= 0.3 is 0 Å². The summed E-state index contributed by atoms with van der Waals surface area (Å²) in [6.07, 6.45) is 3.24. The molecular formula is C27H21BrN6O2. The highest BCUT2D eigenvalue weighted by atomic mass is 79.9. The molecule has 0 saturated carbocycles. The lowest BCUT2D eigenvalue weighted by Crippen LogP contribution is -2.22. The van der Waals surface area contributed by atoms with Gasteiger partial charge in [-0.05, 0) is 36.8 Å². The van der Waals surface area contributed by atoms with E-state index in [2.05, 4.69) is 41.4 Å². The Labute approximate surface area is 215 Å². The number of aromatic amines is 1. The predicted octanol–water partition coefficient (Wildman–Crippen LogP) is 5.37. The van der Waals surface area contributed by atoms with Gasteiger partial charge in [0.2, 0.25) is 0 Å². The van der Waals surface area contributed by atoms with Crippen LogP contribution < -0.4 is 5.56 Å². The molecule has 0 radical (unpaired) electrons. The largest absolute Gasteiger partial charge is 0.387 e. The van der Waals surface area contributed by atoms with E-state index in [0.717, 1.165) is 26.9 Å². The van der Waals surface area contributed by atoms with Crippen LogP contribution in [0.5, 0.6) is 0 Å². The van der Waals surface area contributed by atoms with Crippen molar-refractivity contribution in [3.8, 4) is 11.3 Å². The van der Waals surface area contributed by atoms with Gasteiger partial charge in [-0.15, -0.1) is 0 Å². The maximum atomic E-state index is 13.3. The fourth-order valence-electron chi connectivity index (χ4n) is 3.66. The summed E-state index contributed by atoms with van der Waals surface area (Å²) in [7, 11) is 0. The van der Waals surface area contributed by atoms with Crippen LogP contribution >= 0.6 is 15.9 Å². The zero-order valence-corrected chi connectivity index (χ0v) is 20.9. The van der Waals surface area contributed by atoms with Crippen molar-refractivity contribution >= 4 is 38.8 Å². The van der Waals surface area contributed by atoms with Gasteiger partial charge in [0.05, 0.1) is 34.7 Å². The smallest absolute Gasteiger partial charge is 0.282 e. The fourth-order valence-corrected chi connectivity index (χ4v) is 3.93. The number of hydrogen-bond acceptors (Lipinski definition) is 6. The van der Waals surface area contributed by atoms with Gasteiger partial charge in [-0.25, -0.2) is 4.98 Å². The number of halogens is 1. The summed E-state index contributed by atoms with van der Waals surface area (Å²) >= 11 is 3.45. The summed E-state index contributed by atoms with van der Waals surface area (Å²) in [4.78, 5) is 23.5. The van der Waals surface area contributed by atoms with Crippen LogP contribution in [-0.2, 0) is 11.4 Å². The van der Waals surface area contributed by atoms with Crippen molar-refractivity contribution in [1.29, 1.82) is 0 Å². The number of hydrogen-bond donors (Lipinski definition) is 1. The summed E-state index contributed by atoms with van der Waals surface area (Å²) in [5.41, 5.74) is 4.38. The minimum absolute atomic E-state index is 0.0352. The van der Waals surface area contributed by atoms with E-state index in [4.69, 9.17) is 4.84 Å². The normalized spacial score (nSPS) is 11.9. The van der Waals surface area contributed by atoms with E-state index in [1.165, 1.54) is 4.68 Å². The predicted molar refractivity (Wildman–Crippen MR) is 144 cm³/mol. The molecule has 36 heavy (non-hydrogen) atoms. The van der Waals surface area contributed by atoms with Crippen LogP contribution in [0.15, 0.2) is 105 Å². The summed E-state index contributed by atoms with van der Waals surface area (Å²) < 4.78 is 2.22. The van der Waals surface area contributed by atoms with Gasteiger partial charge in [0.25, 0.3) is 5.56 Å². The lowest BCUT2D eigenvalue weighted by Gasteiger charge is -2.09. The molecule has 1 N–H and O–H groups in total. The van der Waals surface area contributed by atoms with E-state index in [1.54, 1.807) is 30.6 Å². The zero-order valence-electron chi connectivity index (χ0n) is 19.3. The van der Waals surface area contributed by atoms with Crippen LogP contribution in [0.4, 0.5) is 0 Å². The summed E-state index contributed by atoms with van der Waals surface area (Å²) in [6, 6.07) is 24.7. The van der Waals surface area contributed by atoms with Crippen molar-refractivity contribution in [2.24, 2.45) is 10.3 Å². The Kier molecular flexibility index (Phi) is 6.81. The summed E-state index contributed by atoms with van der Waals surface area (Å²) in [6.45, 7) is 1.82. The van der Waals surface area contributed by atoms with Crippen LogP contribution in [0.2, 0.25) is 0 Å². The van der Waals surface area contributed by atoms with Gasteiger partial charge in [-0.3, -0.25) is 9.89 Å². The van der Waals surface area contributed by atoms with Gasteiger partial charge < -0.3 is 4.84 Å². The third-order valence-corrected chi connectivity index (χ3v) is 6.05. The van der Waals surface area contributed by atoms with Crippen LogP contribution in [0.1, 0.15) is 23.9 Å². The number of nitrogens with one attached hydrogen (secondary N) is 1. The highest BCUT2D eigenvalue weighted by Crippen LogP contribution is 2.22. The minimum atomic E-state index is -0.298. The Morgan fingerprint density at radius 2 is 1.81 bits per heavy atom. The van der Waals surface area contributed by atoms with Crippen molar-refractivity contribution in [2.75, 3.05) is 0 Å². The molecule has 0 atom stereocenters. The average Bonchev–Trinajstić information content (AvgIpc) is 3.38. The van der Waals surface area contributed by atoms with Crippen LogP contribution in [-0.4, -0.2) is 31.8 Å². The van der Waals surface area contributed by atoms with Crippen LogP contribution in [0.3, 0.4) is 0 Å². The van der Waals surface area contributed by atoms with E-state index >= 15 is 0 Å². The van der Waals surface area contributed by atoms with E-state index < -0.39 is 0 Å². The lowest BCUT2D eigenvalue weighted by molar-refractivity contribution is 0.122. The maximum Gasteiger partial charge on any atom is 0.282 e. The van der Waals surface area contributed by atoms with Crippen LogP contribution in [0, 0.1) is 0 Å². The molecular weight excluding hydrogens is 520 g/mol. The maximum absolute atomic E-state index is 13.3. The molecule has 8 nitrogen and oxygen atoms in total. The molecule has 0 bridgehead atoms. The Morgan fingerprint density at radius 3 is 2.61 bits per heavy atom. The van der Waals surface area contributed by atoms with Gasteiger partial charge in [0.1, 0.15) is 0 Å². The van der Waals surface area contributed by atoms with Crippen molar-refractivity contribution < 1.29 is 4.84 Å². The first kappa shape index (κ1) is 23.4. The third-order valence-electron chi connectivity index (χ3n) is 5.52. The molecule has 5 aromatic rings. The summed E-state index contributed by atoms with van der Waals surface area (Å²) in [5.74, 6) is 0.327. The van der Waals surface area contributed by atoms with Gasteiger partial charge in [-0.1, -0.05) is 75.7 Å². The first-order valence-corrected chi connectivity index (χ1v) is 12.0. The summed E-state index contributed by atoms with van der Waals surface area (Å²) in [5, 5.41) is 16.3. The monoisotopic (exact) mass is 540 g/mol. The number of nitrogens with zero attached hydrogens (tertiary/aromatic N) is 5. The lowest BCUT2D eigenvalue weighted by atomic mass is 10.1. The molecule has 2 aromatic heterocycles. The van der Waals surface area contributed by atoms with Crippen molar-refractivity contribution in [3.05, 3.63) is 117 Å². The average molecular weight is 541 g/mol. The third kappa shape index (κ3) is 5.01. The zero-order chi connectivity index (χ0) is 24.9. The SMILES string of the molecule is CC(=NOCc1nc2ccccc2c(=O)n1/N=C/c1cn[nH]c1-c1ccc(Br)cc1)c1ccccc1. The molecule has 0 saturated heterocycles. The molecule has 3 aromatic carbocycles. The molecule has 9 heteroatoms. The van der Waals surface area contributed by atoms with Gasteiger partial charge in [0, 0.05) is 15.6 Å². The highest BCUT2D eigenvalue weighted by Gasteiger charge is 2.12. The quantitative estimate of drug-likeness (QED) is 0.221. The number of para-hydroxylation sites is 1. The minimum Gasteiger partial charge on any atom is -0.387 e. The van der Waals surface area contributed by atoms with Crippen molar-refractivity contribution in [3.63, 3.8) is 0 Å². The van der Waals surface area contributed by atoms with Gasteiger partial charge in [0.15, 0.2) is 12.4 Å². The topological polar surface area (TPSA) is 97.5 Å². The van der Waals surface area contributed by atoms with Gasteiger partial charge in [-0.2, -0.15) is 14.9 Å². The molecule has 0 aliphatic carbocycles. The first-order valence-electron chi connectivity index (χ1n) is 11.2. The molecule has 0 aliphatic heterocycles. The molecule has 0 aliphatic rings. The number of oxime groups is 1. The van der Waals surface area contributed by atoms with E-state index in [1.807, 2.05) is 67.6 Å². The van der Waals surface area contributed by atoms with Crippen LogP contribution in [0.25, 0.3) is 22.2 Å². The molecule has 0 fully saturated rings. The Balaban J connectivity index is 1.49. The Hall–Kier alpha value is -4.37. The van der Waals surface area contributed by atoms with E-state index in [9.17, 15) is 4.79 Å². The standard InChI is InChI=1S/C27H21BrN6O2/c1-18(19-7-3-2-4-8-19)33-36-17-25-31-24-10-6-5-9-23(24)27(35)34(25)30-16-21-15-29-32-26(21)20-11-13-22(28)14-12-20/h2-16H,17H2,1H3,(H,29,32)/b30-16+,33-18?. The van der Waals surface area contributed by atoms with Crippen molar-refractivity contribution in [2.45, 2.75) is 13.5 Å². The number of H-pyrrole nitrogens is 1. The Morgan fingerprint density at radius 1 is 1.06 bits per heavy atom. The highest BCUT2D eigenvalue weighted by molar-refractivity contribution is 9.10. The van der Waals surface area contributed by atoms with E-state index in [0.29, 0.717) is 22.4 Å².